The average molecular weight is 234 g/mol. The van der Waals surface area contributed by atoms with Gasteiger partial charge in [-0.1, -0.05) is 12.1 Å². The standard InChI is InChI=1S/C7H6BrO2S/c1-11(9,10)7-5-3-2-4-6(7)8/h2-4H,1H3. The summed E-state index contributed by atoms with van der Waals surface area (Å²) in [6, 6.07) is 7.61. The summed E-state index contributed by atoms with van der Waals surface area (Å²) in [4.78, 5) is 0.208. The number of sulfone groups is 1. The van der Waals surface area contributed by atoms with Crippen LogP contribution in [-0.2, 0) is 9.84 Å². The van der Waals surface area contributed by atoms with Crippen LogP contribution in [0.2, 0.25) is 0 Å². The van der Waals surface area contributed by atoms with Crippen LogP contribution in [0.1, 0.15) is 0 Å². The van der Waals surface area contributed by atoms with Crippen LogP contribution in [0.3, 0.4) is 0 Å². The highest BCUT2D eigenvalue weighted by Gasteiger charge is 2.09. The van der Waals surface area contributed by atoms with Crippen LogP contribution in [-0.4, -0.2) is 14.7 Å². The maximum Gasteiger partial charge on any atom is 0.177 e. The van der Waals surface area contributed by atoms with Crippen molar-refractivity contribution < 1.29 is 8.42 Å². The second kappa shape index (κ2) is 2.95. The van der Waals surface area contributed by atoms with Gasteiger partial charge in [0.25, 0.3) is 0 Å². The molecule has 1 rings (SSSR count). The zero-order valence-corrected chi connectivity index (χ0v) is 8.24. The number of halogens is 1. The van der Waals surface area contributed by atoms with Crippen LogP contribution >= 0.6 is 15.9 Å². The molecule has 1 aromatic carbocycles. The molecule has 0 spiro atoms. The molecule has 59 valence electrons. The van der Waals surface area contributed by atoms with Gasteiger partial charge in [-0.15, -0.1) is 0 Å². The summed E-state index contributed by atoms with van der Waals surface area (Å²) >= 11 is 3.12. The van der Waals surface area contributed by atoms with Crippen molar-refractivity contribution in [1.82, 2.24) is 0 Å². The van der Waals surface area contributed by atoms with Gasteiger partial charge in [-0.25, -0.2) is 8.42 Å². The first-order valence-corrected chi connectivity index (χ1v) is 5.56. The van der Waals surface area contributed by atoms with Crippen molar-refractivity contribution in [1.29, 1.82) is 0 Å². The van der Waals surface area contributed by atoms with E-state index in [1.807, 2.05) is 0 Å². The van der Waals surface area contributed by atoms with E-state index in [-0.39, 0.29) is 4.90 Å². The van der Waals surface area contributed by atoms with E-state index in [4.69, 9.17) is 0 Å². The maximum absolute atomic E-state index is 11.0. The summed E-state index contributed by atoms with van der Waals surface area (Å²) < 4.78 is 22.5. The van der Waals surface area contributed by atoms with Crippen molar-refractivity contribution >= 4 is 25.8 Å². The van der Waals surface area contributed by atoms with Gasteiger partial charge >= 0.3 is 0 Å². The molecule has 0 unspecified atom stereocenters. The molecule has 0 aliphatic carbocycles. The van der Waals surface area contributed by atoms with Gasteiger partial charge < -0.3 is 0 Å². The number of benzene rings is 1. The maximum atomic E-state index is 11.0. The summed E-state index contributed by atoms with van der Waals surface area (Å²) in [5, 5.41) is 0. The highest BCUT2D eigenvalue weighted by Crippen LogP contribution is 2.19. The third-order valence-corrected chi connectivity index (χ3v) is 3.14. The molecule has 0 N–H and O–H groups in total. The van der Waals surface area contributed by atoms with Gasteiger partial charge in [0.05, 0.1) is 4.90 Å². The SMILES string of the molecule is CS(=O)(=O)c1[c]cccc1Br. The minimum absolute atomic E-state index is 0.208. The summed E-state index contributed by atoms with van der Waals surface area (Å²) in [6.07, 6.45) is 1.16. The van der Waals surface area contributed by atoms with Crippen molar-refractivity contribution in [2.45, 2.75) is 4.90 Å². The monoisotopic (exact) mass is 233 g/mol. The third kappa shape index (κ3) is 2.04. The molecular weight excluding hydrogens is 228 g/mol. The van der Waals surface area contributed by atoms with E-state index < -0.39 is 9.84 Å². The Morgan fingerprint density at radius 2 is 2.18 bits per heavy atom. The fraction of sp³-hybridized carbons (Fsp3) is 0.143. The molecule has 0 bridgehead atoms. The first-order chi connectivity index (χ1) is 5.02. The molecule has 0 aromatic heterocycles. The van der Waals surface area contributed by atoms with Gasteiger partial charge in [0.1, 0.15) is 0 Å². The van der Waals surface area contributed by atoms with Gasteiger partial charge in [-0.2, -0.15) is 0 Å². The van der Waals surface area contributed by atoms with Gasteiger partial charge in [0.2, 0.25) is 0 Å². The lowest BCUT2D eigenvalue weighted by atomic mass is 10.4. The Bertz CT molecular complexity index is 356. The summed E-state index contributed by atoms with van der Waals surface area (Å²) in [5.41, 5.74) is 0. The van der Waals surface area contributed by atoms with Crippen molar-refractivity contribution in [3.8, 4) is 0 Å². The third-order valence-electron chi connectivity index (χ3n) is 1.14. The lowest BCUT2D eigenvalue weighted by Crippen LogP contribution is -1.97. The molecule has 0 aliphatic rings. The smallest absolute Gasteiger partial charge is 0.177 e. The molecule has 2 nitrogen and oxygen atoms in total. The van der Waals surface area contributed by atoms with E-state index in [1.165, 1.54) is 0 Å². The van der Waals surface area contributed by atoms with Crippen LogP contribution in [0.5, 0.6) is 0 Å². The number of hydrogen-bond donors (Lipinski definition) is 0. The molecular formula is C7H6BrO2S. The highest BCUT2D eigenvalue weighted by molar-refractivity contribution is 9.10. The summed E-state index contributed by atoms with van der Waals surface area (Å²) in [6.45, 7) is 0. The van der Waals surface area contributed by atoms with E-state index in [0.29, 0.717) is 4.47 Å². The molecule has 0 atom stereocenters. The van der Waals surface area contributed by atoms with Crippen LogP contribution in [0.15, 0.2) is 27.6 Å². The average Bonchev–Trinajstić information content (AvgIpc) is 1.86. The first kappa shape index (κ1) is 8.74. The van der Waals surface area contributed by atoms with E-state index in [0.717, 1.165) is 6.26 Å². The molecule has 1 radical (unpaired) electrons. The second-order valence-electron chi connectivity index (χ2n) is 2.12. The normalized spacial score (nSPS) is 11.5. The Hall–Kier alpha value is -0.350. The van der Waals surface area contributed by atoms with Crippen molar-refractivity contribution in [3.63, 3.8) is 0 Å². The first-order valence-electron chi connectivity index (χ1n) is 2.88. The second-order valence-corrected chi connectivity index (χ2v) is 4.93. The number of hydrogen-bond acceptors (Lipinski definition) is 2. The molecule has 0 saturated carbocycles. The zero-order valence-electron chi connectivity index (χ0n) is 5.83. The fourth-order valence-electron chi connectivity index (χ4n) is 0.685. The Balaban J connectivity index is 3.37. The minimum atomic E-state index is -3.14. The van der Waals surface area contributed by atoms with Gasteiger partial charge in [0.15, 0.2) is 9.84 Å². The van der Waals surface area contributed by atoms with Crippen molar-refractivity contribution in [3.05, 3.63) is 28.7 Å². The van der Waals surface area contributed by atoms with E-state index >= 15 is 0 Å². The summed E-state index contributed by atoms with van der Waals surface area (Å²) in [5.74, 6) is 0. The van der Waals surface area contributed by atoms with Crippen molar-refractivity contribution in [2.75, 3.05) is 6.26 Å². The predicted octanol–water partition coefficient (Wildman–Crippen LogP) is 1.65. The van der Waals surface area contributed by atoms with Gasteiger partial charge in [-0.3, -0.25) is 0 Å². The lowest BCUT2D eigenvalue weighted by molar-refractivity contribution is 0.601. The zero-order chi connectivity index (χ0) is 8.48. The Kier molecular flexibility index (Phi) is 2.34. The van der Waals surface area contributed by atoms with E-state index in [1.54, 1.807) is 18.2 Å². The molecule has 1 aromatic rings. The molecule has 0 fully saturated rings. The summed E-state index contributed by atoms with van der Waals surface area (Å²) in [7, 11) is -3.14. The van der Waals surface area contributed by atoms with Crippen LogP contribution in [0, 0.1) is 6.07 Å². The van der Waals surface area contributed by atoms with E-state index in [2.05, 4.69) is 22.0 Å². The van der Waals surface area contributed by atoms with Gasteiger partial charge in [-0.05, 0) is 22.0 Å². The minimum Gasteiger partial charge on any atom is -0.224 e. The molecule has 0 amide bonds. The lowest BCUT2D eigenvalue weighted by Gasteiger charge is -1.98. The molecule has 0 saturated heterocycles. The van der Waals surface area contributed by atoms with Crippen LogP contribution in [0.25, 0.3) is 0 Å². The quantitative estimate of drug-likeness (QED) is 0.740. The number of rotatable bonds is 1. The highest BCUT2D eigenvalue weighted by atomic mass is 79.9. The molecule has 4 heteroatoms. The van der Waals surface area contributed by atoms with Crippen LogP contribution < -0.4 is 0 Å². The molecule has 11 heavy (non-hydrogen) atoms. The van der Waals surface area contributed by atoms with E-state index in [9.17, 15) is 8.42 Å². The Morgan fingerprint density at radius 3 is 2.55 bits per heavy atom. The molecule has 0 heterocycles. The largest absolute Gasteiger partial charge is 0.224 e. The Labute approximate surface area is 74.3 Å². The molecule has 0 aliphatic heterocycles. The Morgan fingerprint density at radius 1 is 1.55 bits per heavy atom. The fourth-order valence-corrected chi connectivity index (χ4v) is 2.54. The van der Waals surface area contributed by atoms with Crippen LogP contribution in [0.4, 0.5) is 0 Å². The van der Waals surface area contributed by atoms with Gasteiger partial charge in [0, 0.05) is 16.8 Å². The predicted molar refractivity (Wildman–Crippen MR) is 46.1 cm³/mol. The van der Waals surface area contributed by atoms with Crippen molar-refractivity contribution in [2.24, 2.45) is 0 Å². The topological polar surface area (TPSA) is 34.1 Å².